The zero-order valence-corrected chi connectivity index (χ0v) is 10.3. The molecule has 0 aromatic heterocycles. The Labute approximate surface area is 99.8 Å². The Hall–Kier alpha value is -0.440. The van der Waals surface area contributed by atoms with Crippen LogP contribution < -0.4 is 4.74 Å². The van der Waals surface area contributed by atoms with Gasteiger partial charge in [0.15, 0.2) is 0 Å². The Morgan fingerprint density at radius 2 is 1.93 bits per heavy atom. The van der Waals surface area contributed by atoms with Gasteiger partial charge in [-0.2, -0.15) is 0 Å². The van der Waals surface area contributed by atoms with E-state index in [0.29, 0.717) is 28.8 Å². The van der Waals surface area contributed by atoms with Crippen LogP contribution in [0.5, 0.6) is 5.75 Å². The van der Waals surface area contributed by atoms with Gasteiger partial charge in [0, 0.05) is 12.5 Å². The van der Waals surface area contributed by atoms with Crippen LogP contribution in [0.25, 0.3) is 0 Å². The maximum atomic E-state index is 9.47. The Kier molecular flexibility index (Phi) is 4.26. The largest absolute Gasteiger partial charge is 0.493 e. The molecule has 0 spiro atoms. The molecule has 0 aliphatic heterocycles. The summed E-state index contributed by atoms with van der Waals surface area (Å²) >= 11 is 11.6. The highest BCUT2D eigenvalue weighted by Gasteiger charge is 2.12. The first kappa shape index (κ1) is 12.6. The van der Waals surface area contributed by atoms with E-state index < -0.39 is 5.60 Å². The van der Waals surface area contributed by atoms with Crippen LogP contribution in [-0.2, 0) is 0 Å². The monoisotopic (exact) mass is 248 g/mol. The third-order valence-electron chi connectivity index (χ3n) is 1.87. The maximum Gasteiger partial charge on any atom is 0.120 e. The molecular formula is C11H14Cl2O2. The van der Waals surface area contributed by atoms with Gasteiger partial charge in [-0.05, 0) is 26.0 Å². The van der Waals surface area contributed by atoms with Crippen molar-refractivity contribution >= 4 is 23.2 Å². The van der Waals surface area contributed by atoms with Gasteiger partial charge in [-0.1, -0.05) is 23.2 Å². The second-order valence-corrected chi connectivity index (χ2v) is 4.80. The van der Waals surface area contributed by atoms with Crippen LogP contribution in [0.1, 0.15) is 20.3 Å². The number of hydrogen-bond donors (Lipinski definition) is 1. The molecule has 0 aliphatic rings. The normalized spacial score (nSPS) is 11.5. The highest BCUT2D eigenvalue weighted by Crippen LogP contribution is 2.26. The third kappa shape index (κ3) is 4.74. The van der Waals surface area contributed by atoms with Crippen LogP contribution in [0.4, 0.5) is 0 Å². The van der Waals surface area contributed by atoms with E-state index in [1.165, 1.54) is 0 Å². The first-order chi connectivity index (χ1) is 6.88. The van der Waals surface area contributed by atoms with Crippen LogP contribution in [0.15, 0.2) is 18.2 Å². The minimum absolute atomic E-state index is 0.446. The highest BCUT2D eigenvalue weighted by molar-refractivity contribution is 6.42. The second kappa shape index (κ2) is 5.06. The topological polar surface area (TPSA) is 29.5 Å². The molecule has 0 radical (unpaired) electrons. The smallest absolute Gasteiger partial charge is 0.120 e. The molecule has 15 heavy (non-hydrogen) atoms. The van der Waals surface area contributed by atoms with Crippen molar-refractivity contribution in [2.45, 2.75) is 25.9 Å². The Morgan fingerprint density at radius 3 is 2.47 bits per heavy atom. The molecule has 1 aromatic rings. The van der Waals surface area contributed by atoms with Crippen molar-refractivity contribution in [3.63, 3.8) is 0 Å². The zero-order valence-electron chi connectivity index (χ0n) is 8.76. The van der Waals surface area contributed by atoms with E-state index in [0.717, 1.165) is 0 Å². The molecule has 0 fully saturated rings. The molecule has 2 nitrogen and oxygen atoms in total. The third-order valence-corrected chi connectivity index (χ3v) is 2.61. The highest BCUT2D eigenvalue weighted by atomic mass is 35.5. The van der Waals surface area contributed by atoms with Crippen molar-refractivity contribution in [2.75, 3.05) is 6.61 Å². The maximum absolute atomic E-state index is 9.47. The fourth-order valence-electron chi connectivity index (χ4n) is 0.985. The summed E-state index contributed by atoms with van der Waals surface area (Å²) in [6.45, 7) is 3.93. The summed E-state index contributed by atoms with van der Waals surface area (Å²) in [7, 11) is 0. The predicted octanol–water partition coefficient (Wildman–Crippen LogP) is 3.53. The summed E-state index contributed by atoms with van der Waals surface area (Å²) in [5.74, 6) is 0.661. The van der Waals surface area contributed by atoms with Gasteiger partial charge in [0.25, 0.3) is 0 Å². The first-order valence-corrected chi connectivity index (χ1v) is 5.44. The molecule has 0 saturated heterocycles. The molecule has 0 bridgehead atoms. The molecule has 0 saturated carbocycles. The zero-order chi connectivity index (χ0) is 11.5. The number of aliphatic hydroxyl groups is 1. The summed E-state index contributed by atoms with van der Waals surface area (Å²) in [5, 5.41) is 10.4. The molecule has 0 aliphatic carbocycles. The van der Waals surface area contributed by atoms with E-state index >= 15 is 0 Å². The molecule has 1 N–H and O–H groups in total. The standard InChI is InChI=1S/C11H14Cl2O2/c1-11(2,14)5-6-15-8-3-4-9(12)10(13)7-8/h3-4,7,14H,5-6H2,1-2H3. The van der Waals surface area contributed by atoms with Crippen LogP contribution in [-0.4, -0.2) is 17.3 Å². The van der Waals surface area contributed by atoms with Crippen LogP contribution in [0, 0.1) is 0 Å². The lowest BCUT2D eigenvalue weighted by Gasteiger charge is -2.17. The second-order valence-electron chi connectivity index (χ2n) is 3.99. The summed E-state index contributed by atoms with van der Waals surface area (Å²) in [6, 6.07) is 5.09. The first-order valence-electron chi connectivity index (χ1n) is 4.69. The van der Waals surface area contributed by atoms with Gasteiger partial charge in [-0.25, -0.2) is 0 Å². The van der Waals surface area contributed by atoms with Gasteiger partial charge in [0.2, 0.25) is 0 Å². The van der Waals surface area contributed by atoms with E-state index in [1.54, 1.807) is 32.0 Å². The molecule has 0 atom stereocenters. The van der Waals surface area contributed by atoms with Gasteiger partial charge in [0.05, 0.1) is 22.3 Å². The van der Waals surface area contributed by atoms with E-state index in [4.69, 9.17) is 27.9 Å². The molecule has 0 amide bonds. The van der Waals surface area contributed by atoms with Crippen LogP contribution >= 0.6 is 23.2 Å². The lowest BCUT2D eigenvalue weighted by molar-refractivity contribution is 0.0553. The minimum atomic E-state index is -0.712. The fourth-order valence-corrected chi connectivity index (χ4v) is 1.27. The number of benzene rings is 1. The van der Waals surface area contributed by atoms with E-state index in [2.05, 4.69) is 0 Å². The molecule has 0 unspecified atom stereocenters. The summed E-state index contributed by atoms with van der Waals surface area (Å²) in [6.07, 6.45) is 0.563. The Balaban J connectivity index is 2.48. The summed E-state index contributed by atoms with van der Waals surface area (Å²) in [5.41, 5.74) is -0.712. The number of ether oxygens (including phenoxy) is 1. The van der Waals surface area contributed by atoms with Crippen molar-refractivity contribution in [2.24, 2.45) is 0 Å². The van der Waals surface area contributed by atoms with Crippen LogP contribution in [0.2, 0.25) is 10.0 Å². The fraction of sp³-hybridized carbons (Fsp3) is 0.455. The number of hydrogen-bond acceptors (Lipinski definition) is 2. The number of rotatable bonds is 4. The lowest BCUT2D eigenvalue weighted by Crippen LogP contribution is -2.21. The van der Waals surface area contributed by atoms with E-state index in [-0.39, 0.29) is 0 Å². The van der Waals surface area contributed by atoms with Gasteiger partial charge in [0.1, 0.15) is 5.75 Å². The van der Waals surface area contributed by atoms with Crippen molar-refractivity contribution in [1.29, 1.82) is 0 Å². The minimum Gasteiger partial charge on any atom is -0.493 e. The summed E-state index contributed by atoms with van der Waals surface area (Å²) in [4.78, 5) is 0. The molecular weight excluding hydrogens is 235 g/mol. The van der Waals surface area contributed by atoms with Gasteiger partial charge in [-0.15, -0.1) is 0 Å². The van der Waals surface area contributed by atoms with Crippen molar-refractivity contribution in [3.8, 4) is 5.75 Å². The SMILES string of the molecule is CC(C)(O)CCOc1ccc(Cl)c(Cl)c1. The van der Waals surface area contributed by atoms with Crippen molar-refractivity contribution < 1.29 is 9.84 Å². The van der Waals surface area contributed by atoms with Crippen LogP contribution in [0.3, 0.4) is 0 Å². The van der Waals surface area contributed by atoms with Gasteiger partial charge >= 0.3 is 0 Å². The van der Waals surface area contributed by atoms with Gasteiger partial charge in [-0.3, -0.25) is 0 Å². The lowest BCUT2D eigenvalue weighted by atomic mass is 10.1. The molecule has 4 heteroatoms. The Bertz CT molecular complexity index is 332. The molecule has 0 heterocycles. The molecule has 1 rings (SSSR count). The average molecular weight is 249 g/mol. The Morgan fingerprint density at radius 1 is 1.27 bits per heavy atom. The molecule has 84 valence electrons. The van der Waals surface area contributed by atoms with Crippen molar-refractivity contribution in [3.05, 3.63) is 28.2 Å². The number of halogens is 2. The predicted molar refractivity (Wildman–Crippen MR) is 62.9 cm³/mol. The van der Waals surface area contributed by atoms with E-state index in [1.807, 2.05) is 0 Å². The van der Waals surface area contributed by atoms with Gasteiger partial charge < -0.3 is 9.84 Å². The average Bonchev–Trinajstić information content (AvgIpc) is 2.09. The quantitative estimate of drug-likeness (QED) is 0.884. The molecule has 1 aromatic carbocycles. The van der Waals surface area contributed by atoms with E-state index in [9.17, 15) is 5.11 Å². The summed E-state index contributed by atoms with van der Waals surface area (Å²) < 4.78 is 5.41. The van der Waals surface area contributed by atoms with Crippen molar-refractivity contribution in [1.82, 2.24) is 0 Å².